The van der Waals surface area contributed by atoms with Gasteiger partial charge in [0.1, 0.15) is 0 Å². The van der Waals surface area contributed by atoms with E-state index in [0.29, 0.717) is 6.54 Å². The number of carbonyl (C=O) groups is 1. The van der Waals surface area contributed by atoms with Crippen LogP contribution in [0.3, 0.4) is 0 Å². The molecule has 1 saturated carbocycles. The number of imidazole rings is 1. The Morgan fingerprint density at radius 3 is 2.86 bits per heavy atom. The lowest BCUT2D eigenvalue weighted by molar-refractivity contribution is -0.137. The fourth-order valence-corrected chi connectivity index (χ4v) is 3.59. The quantitative estimate of drug-likeness (QED) is 0.840. The largest absolute Gasteiger partial charge is 0.340 e. The molecule has 1 saturated heterocycles. The third kappa shape index (κ3) is 1.90. The minimum atomic E-state index is -0.0448. The summed E-state index contributed by atoms with van der Waals surface area (Å²) in [4.78, 5) is 31.2. The highest BCUT2D eigenvalue weighted by Crippen LogP contribution is 2.31. The summed E-state index contributed by atoms with van der Waals surface area (Å²) in [6.45, 7) is 1.38. The van der Waals surface area contributed by atoms with Gasteiger partial charge < -0.3 is 4.90 Å². The van der Waals surface area contributed by atoms with E-state index >= 15 is 0 Å². The lowest BCUT2D eigenvalue weighted by Crippen LogP contribution is -2.38. The molecular weight excluding hydrogens is 280 g/mol. The number of nitrogens with zero attached hydrogens (tertiary/aromatic N) is 4. The van der Waals surface area contributed by atoms with Crippen LogP contribution >= 0.6 is 0 Å². The van der Waals surface area contributed by atoms with Gasteiger partial charge in [-0.05, 0) is 31.4 Å². The van der Waals surface area contributed by atoms with E-state index in [4.69, 9.17) is 0 Å². The predicted octanol–water partition coefficient (Wildman–Crippen LogP) is 1.31. The van der Waals surface area contributed by atoms with E-state index in [1.165, 1.54) is 6.42 Å². The lowest BCUT2D eigenvalue weighted by atomic mass is 9.84. The molecule has 116 valence electrons. The topological polar surface area (TPSA) is 60.1 Å². The smallest absolute Gasteiger partial charge is 0.330 e. The van der Waals surface area contributed by atoms with E-state index in [2.05, 4.69) is 4.98 Å². The van der Waals surface area contributed by atoms with Gasteiger partial charge >= 0.3 is 5.69 Å². The summed E-state index contributed by atoms with van der Waals surface area (Å²) in [5.41, 5.74) is 1.52. The summed E-state index contributed by atoms with van der Waals surface area (Å²) in [6, 6.07) is 3.79. The Bertz CT molecular complexity index is 787. The predicted molar refractivity (Wildman–Crippen MR) is 82.5 cm³/mol. The van der Waals surface area contributed by atoms with E-state index in [9.17, 15) is 9.59 Å². The number of hydrogen-bond donors (Lipinski definition) is 0. The van der Waals surface area contributed by atoms with Crippen LogP contribution in [0.1, 0.15) is 31.7 Å². The van der Waals surface area contributed by atoms with Gasteiger partial charge in [0.15, 0.2) is 5.65 Å². The molecule has 1 aliphatic heterocycles. The van der Waals surface area contributed by atoms with E-state index in [-0.39, 0.29) is 23.6 Å². The summed E-state index contributed by atoms with van der Waals surface area (Å²) < 4.78 is 3.40. The van der Waals surface area contributed by atoms with Gasteiger partial charge in [-0.25, -0.2) is 9.78 Å². The Kier molecular flexibility index (Phi) is 3.06. The molecule has 6 heteroatoms. The minimum absolute atomic E-state index is 0.0372. The molecule has 22 heavy (non-hydrogen) atoms. The summed E-state index contributed by atoms with van der Waals surface area (Å²) in [7, 11) is 1.77. The second kappa shape index (κ2) is 4.97. The molecule has 0 spiro atoms. The number of amides is 1. The van der Waals surface area contributed by atoms with Crippen LogP contribution in [0.25, 0.3) is 11.2 Å². The van der Waals surface area contributed by atoms with Crippen molar-refractivity contribution in [1.29, 1.82) is 0 Å². The third-order valence-electron chi connectivity index (χ3n) is 5.14. The monoisotopic (exact) mass is 300 g/mol. The maximum Gasteiger partial charge on any atom is 0.330 e. The van der Waals surface area contributed by atoms with Gasteiger partial charge in [0, 0.05) is 32.3 Å². The number of likely N-dealkylation sites (tertiary alicyclic amines) is 1. The fourth-order valence-electron chi connectivity index (χ4n) is 3.59. The molecular formula is C16H20N4O2. The zero-order valence-electron chi connectivity index (χ0n) is 12.7. The molecule has 0 N–H and O–H groups in total. The van der Waals surface area contributed by atoms with E-state index in [1.54, 1.807) is 22.4 Å². The maximum absolute atomic E-state index is 12.5. The number of aromatic nitrogens is 3. The lowest BCUT2D eigenvalue weighted by Gasteiger charge is -2.29. The second-order valence-corrected chi connectivity index (χ2v) is 6.41. The fraction of sp³-hybridized carbons (Fsp3) is 0.562. The van der Waals surface area contributed by atoms with Gasteiger partial charge in [0.25, 0.3) is 0 Å². The molecule has 0 unspecified atom stereocenters. The van der Waals surface area contributed by atoms with Crippen molar-refractivity contribution < 1.29 is 4.79 Å². The maximum atomic E-state index is 12.5. The number of carbonyl (C=O) groups excluding carboxylic acids is 1. The van der Waals surface area contributed by atoms with Crippen LogP contribution in [0.2, 0.25) is 0 Å². The summed E-state index contributed by atoms with van der Waals surface area (Å²) in [5.74, 6) is 0.496. The molecule has 2 aromatic heterocycles. The molecule has 2 fully saturated rings. The Balaban J connectivity index is 1.65. The van der Waals surface area contributed by atoms with Crippen molar-refractivity contribution in [2.45, 2.75) is 31.7 Å². The molecule has 6 nitrogen and oxygen atoms in total. The highest BCUT2D eigenvalue weighted by Gasteiger charge is 2.35. The van der Waals surface area contributed by atoms with Gasteiger partial charge in [-0.1, -0.05) is 6.42 Å². The average Bonchev–Trinajstić information content (AvgIpc) is 3.03. The highest BCUT2D eigenvalue weighted by atomic mass is 16.2. The summed E-state index contributed by atoms with van der Waals surface area (Å²) in [5, 5.41) is 0. The number of rotatable bonds is 2. The Hall–Kier alpha value is -2.11. The van der Waals surface area contributed by atoms with Gasteiger partial charge in [-0.3, -0.25) is 13.9 Å². The molecule has 2 aliphatic rings. The van der Waals surface area contributed by atoms with Gasteiger partial charge in [-0.2, -0.15) is 0 Å². The van der Waals surface area contributed by atoms with Gasteiger partial charge in [-0.15, -0.1) is 0 Å². The molecule has 1 atom stereocenters. The van der Waals surface area contributed by atoms with Crippen molar-refractivity contribution in [2.75, 3.05) is 13.1 Å². The van der Waals surface area contributed by atoms with Crippen molar-refractivity contribution in [2.24, 2.45) is 13.0 Å². The van der Waals surface area contributed by atoms with Crippen LogP contribution in [-0.4, -0.2) is 38.0 Å². The SMILES string of the molecule is Cn1c(=O)n([C@@H]2CCN(C(=O)C3CCC3)C2)c2ncccc21. The van der Waals surface area contributed by atoms with E-state index < -0.39 is 0 Å². The van der Waals surface area contributed by atoms with Crippen molar-refractivity contribution in [1.82, 2.24) is 19.0 Å². The zero-order valence-corrected chi connectivity index (χ0v) is 12.7. The molecule has 0 bridgehead atoms. The second-order valence-electron chi connectivity index (χ2n) is 6.41. The molecule has 2 aromatic rings. The summed E-state index contributed by atoms with van der Waals surface area (Å²) in [6.07, 6.45) is 5.75. The first-order valence-corrected chi connectivity index (χ1v) is 7.97. The Morgan fingerprint density at radius 1 is 1.32 bits per heavy atom. The van der Waals surface area contributed by atoms with E-state index in [1.807, 2.05) is 17.0 Å². The first-order chi connectivity index (χ1) is 10.7. The molecule has 4 rings (SSSR count). The Morgan fingerprint density at radius 2 is 2.14 bits per heavy atom. The van der Waals surface area contributed by atoms with Crippen LogP contribution in [0.5, 0.6) is 0 Å². The van der Waals surface area contributed by atoms with Crippen molar-refractivity contribution >= 4 is 17.1 Å². The normalized spacial score (nSPS) is 22.2. The molecule has 1 aliphatic carbocycles. The van der Waals surface area contributed by atoms with Crippen LogP contribution in [-0.2, 0) is 11.8 Å². The third-order valence-corrected chi connectivity index (χ3v) is 5.14. The van der Waals surface area contributed by atoms with Gasteiger partial charge in [0.05, 0.1) is 11.6 Å². The molecule has 1 amide bonds. The Labute approximate surface area is 128 Å². The number of fused-ring (bicyclic) bond motifs is 1. The average molecular weight is 300 g/mol. The first kappa shape index (κ1) is 13.5. The molecule has 0 aromatic carbocycles. The molecule has 3 heterocycles. The standard InChI is InChI=1S/C16H20N4O2/c1-18-13-6-3-8-17-14(13)20(16(18)22)12-7-9-19(10-12)15(21)11-4-2-5-11/h3,6,8,11-12H,2,4-5,7,9-10H2,1H3/t12-/m1/s1. The van der Waals surface area contributed by atoms with Crippen LogP contribution in [0.4, 0.5) is 0 Å². The van der Waals surface area contributed by atoms with E-state index in [0.717, 1.165) is 37.0 Å². The van der Waals surface area contributed by atoms with Crippen molar-refractivity contribution in [3.8, 4) is 0 Å². The summed E-state index contributed by atoms with van der Waals surface area (Å²) >= 11 is 0. The number of aryl methyl sites for hydroxylation is 1. The van der Waals surface area contributed by atoms with Crippen molar-refractivity contribution in [3.05, 3.63) is 28.8 Å². The van der Waals surface area contributed by atoms with Crippen LogP contribution in [0.15, 0.2) is 23.1 Å². The van der Waals surface area contributed by atoms with Gasteiger partial charge in [0.2, 0.25) is 5.91 Å². The zero-order chi connectivity index (χ0) is 15.3. The first-order valence-electron chi connectivity index (χ1n) is 7.97. The number of pyridine rings is 1. The van der Waals surface area contributed by atoms with Crippen LogP contribution in [0, 0.1) is 5.92 Å². The molecule has 0 radical (unpaired) electrons. The van der Waals surface area contributed by atoms with Crippen molar-refractivity contribution in [3.63, 3.8) is 0 Å². The minimum Gasteiger partial charge on any atom is -0.340 e. The van der Waals surface area contributed by atoms with Crippen LogP contribution < -0.4 is 5.69 Å². The highest BCUT2D eigenvalue weighted by molar-refractivity contribution is 5.80. The number of hydrogen-bond acceptors (Lipinski definition) is 3.